The monoisotopic (exact) mass is 125 g/mol. The summed E-state index contributed by atoms with van der Waals surface area (Å²) in [6.45, 7) is 0.909. The standard InChI is InChI=1S/C7H11NO/c9-7-3-6-2-1-5(7)4-8-6/h1,6-9H,2-4H2/t6-,7-/m0/s1. The highest BCUT2D eigenvalue weighted by Gasteiger charge is 2.26. The van der Waals surface area contributed by atoms with E-state index in [2.05, 4.69) is 11.4 Å². The number of fused-ring (bicyclic) bond motifs is 3. The molecule has 2 nitrogen and oxygen atoms in total. The molecule has 3 aliphatic rings. The second-order valence-corrected chi connectivity index (χ2v) is 2.84. The molecule has 2 aliphatic heterocycles. The maximum Gasteiger partial charge on any atom is 0.0777 e. The zero-order valence-corrected chi connectivity index (χ0v) is 5.30. The first-order valence-electron chi connectivity index (χ1n) is 3.46. The average Bonchev–Trinajstić information content (AvgIpc) is 1.90. The zero-order valence-electron chi connectivity index (χ0n) is 5.30. The van der Waals surface area contributed by atoms with Gasteiger partial charge in [0.05, 0.1) is 6.10 Å². The molecule has 2 heterocycles. The molecule has 2 heteroatoms. The van der Waals surface area contributed by atoms with Crippen LogP contribution in [0.5, 0.6) is 0 Å². The van der Waals surface area contributed by atoms with Gasteiger partial charge in [0.15, 0.2) is 0 Å². The average molecular weight is 125 g/mol. The van der Waals surface area contributed by atoms with E-state index in [9.17, 15) is 5.11 Å². The van der Waals surface area contributed by atoms with E-state index >= 15 is 0 Å². The summed E-state index contributed by atoms with van der Waals surface area (Å²) in [6, 6.07) is 0.553. The van der Waals surface area contributed by atoms with Crippen molar-refractivity contribution in [3.05, 3.63) is 11.6 Å². The van der Waals surface area contributed by atoms with Crippen LogP contribution in [-0.2, 0) is 0 Å². The van der Waals surface area contributed by atoms with Crippen LogP contribution in [0.2, 0.25) is 0 Å². The van der Waals surface area contributed by atoms with Gasteiger partial charge in [-0.1, -0.05) is 6.08 Å². The molecule has 0 unspecified atom stereocenters. The smallest absolute Gasteiger partial charge is 0.0777 e. The molecule has 2 atom stereocenters. The Morgan fingerprint density at radius 3 is 2.78 bits per heavy atom. The summed E-state index contributed by atoms with van der Waals surface area (Å²) in [5, 5.41) is 12.6. The van der Waals surface area contributed by atoms with Crippen molar-refractivity contribution in [2.45, 2.75) is 25.0 Å². The van der Waals surface area contributed by atoms with Crippen LogP contribution in [0.1, 0.15) is 12.8 Å². The van der Waals surface area contributed by atoms with Crippen molar-refractivity contribution in [3.63, 3.8) is 0 Å². The molecule has 0 aromatic rings. The summed E-state index contributed by atoms with van der Waals surface area (Å²) in [7, 11) is 0. The number of aliphatic hydroxyl groups is 1. The van der Waals surface area contributed by atoms with E-state index in [1.807, 2.05) is 0 Å². The first-order chi connectivity index (χ1) is 4.36. The van der Waals surface area contributed by atoms with E-state index in [4.69, 9.17) is 0 Å². The Labute approximate surface area is 54.6 Å². The molecule has 0 amide bonds. The van der Waals surface area contributed by atoms with Crippen molar-refractivity contribution < 1.29 is 5.11 Å². The predicted octanol–water partition coefficient (Wildman–Crippen LogP) is 0.0393. The fourth-order valence-electron chi connectivity index (χ4n) is 1.57. The Hall–Kier alpha value is -0.340. The van der Waals surface area contributed by atoms with Gasteiger partial charge in [0.1, 0.15) is 0 Å². The maximum absolute atomic E-state index is 9.29. The minimum Gasteiger partial charge on any atom is -0.389 e. The van der Waals surface area contributed by atoms with Gasteiger partial charge in [-0.2, -0.15) is 0 Å². The Kier molecular flexibility index (Phi) is 1.10. The van der Waals surface area contributed by atoms with Crippen molar-refractivity contribution in [2.24, 2.45) is 0 Å². The molecule has 0 aromatic heterocycles. The highest BCUT2D eigenvalue weighted by molar-refractivity contribution is 5.19. The van der Waals surface area contributed by atoms with Crippen molar-refractivity contribution in [1.82, 2.24) is 5.32 Å². The van der Waals surface area contributed by atoms with Gasteiger partial charge in [-0.25, -0.2) is 0 Å². The third-order valence-corrected chi connectivity index (χ3v) is 2.20. The summed E-state index contributed by atoms with van der Waals surface area (Å²) in [5.74, 6) is 0. The van der Waals surface area contributed by atoms with Crippen LogP contribution in [0.15, 0.2) is 11.6 Å². The van der Waals surface area contributed by atoms with Crippen LogP contribution in [0.3, 0.4) is 0 Å². The number of piperidine rings is 1. The molecule has 0 radical (unpaired) electrons. The topological polar surface area (TPSA) is 32.3 Å². The molecule has 0 spiro atoms. The second kappa shape index (κ2) is 1.82. The molecule has 1 fully saturated rings. The Morgan fingerprint density at radius 2 is 2.56 bits per heavy atom. The number of hydrogen-bond donors (Lipinski definition) is 2. The summed E-state index contributed by atoms with van der Waals surface area (Å²) in [6.07, 6.45) is 4.07. The van der Waals surface area contributed by atoms with Crippen LogP contribution in [-0.4, -0.2) is 23.8 Å². The van der Waals surface area contributed by atoms with E-state index in [0.717, 1.165) is 19.4 Å². The first kappa shape index (κ1) is 5.45. The predicted molar refractivity (Wildman–Crippen MR) is 35.1 cm³/mol. The number of rotatable bonds is 0. The van der Waals surface area contributed by atoms with Gasteiger partial charge in [0.25, 0.3) is 0 Å². The van der Waals surface area contributed by atoms with Gasteiger partial charge in [-0.15, -0.1) is 0 Å². The summed E-state index contributed by atoms with van der Waals surface area (Å²) in [4.78, 5) is 0. The lowest BCUT2D eigenvalue weighted by molar-refractivity contribution is 0.153. The molecule has 0 saturated carbocycles. The first-order valence-corrected chi connectivity index (χ1v) is 3.46. The van der Waals surface area contributed by atoms with E-state index < -0.39 is 0 Å². The highest BCUT2D eigenvalue weighted by atomic mass is 16.3. The van der Waals surface area contributed by atoms with Crippen LogP contribution in [0.4, 0.5) is 0 Å². The normalized spacial score (nSPS) is 40.8. The maximum atomic E-state index is 9.29. The van der Waals surface area contributed by atoms with E-state index in [-0.39, 0.29) is 6.10 Å². The van der Waals surface area contributed by atoms with E-state index in [1.54, 1.807) is 0 Å². The lowest BCUT2D eigenvalue weighted by atomic mass is 9.88. The molecule has 2 bridgehead atoms. The molecule has 9 heavy (non-hydrogen) atoms. The van der Waals surface area contributed by atoms with Crippen LogP contribution in [0, 0.1) is 0 Å². The van der Waals surface area contributed by atoms with Gasteiger partial charge in [0, 0.05) is 12.6 Å². The summed E-state index contributed by atoms with van der Waals surface area (Å²) < 4.78 is 0. The lowest BCUT2D eigenvalue weighted by Gasteiger charge is -2.34. The van der Waals surface area contributed by atoms with Crippen molar-refractivity contribution in [3.8, 4) is 0 Å². The Balaban J connectivity index is 2.23. The minimum absolute atomic E-state index is 0.134. The van der Waals surface area contributed by atoms with Crippen LogP contribution < -0.4 is 5.32 Å². The van der Waals surface area contributed by atoms with Gasteiger partial charge in [-0.05, 0) is 18.4 Å². The third kappa shape index (κ3) is 0.787. The lowest BCUT2D eigenvalue weighted by Crippen LogP contribution is -2.45. The van der Waals surface area contributed by atoms with Gasteiger partial charge in [0.2, 0.25) is 0 Å². The van der Waals surface area contributed by atoms with E-state index in [0.29, 0.717) is 6.04 Å². The van der Waals surface area contributed by atoms with Crippen molar-refractivity contribution in [2.75, 3.05) is 6.54 Å². The van der Waals surface area contributed by atoms with Gasteiger partial charge < -0.3 is 10.4 Å². The van der Waals surface area contributed by atoms with Crippen LogP contribution >= 0.6 is 0 Å². The third-order valence-electron chi connectivity index (χ3n) is 2.20. The Bertz CT molecular complexity index is 153. The fourth-order valence-corrected chi connectivity index (χ4v) is 1.57. The molecule has 1 aliphatic carbocycles. The van der Waals surface area contributed by atoms with Crippen molar-refractivity contribution in [1.29, 1.82) is 0 Å². The minimum atomic E-state index is -0.134. The fraction of sp³-hybridized carbons (Fsp3) is 0.714. The molecule has 3 rings (SSSR count). The molecular weight excluding hydrogens is 114 g/mol. The molecule has 1 saturated heterocycles. The molecule has 2 N–H and O–H groups in total. The largest absolute Gasteiger partial charge is 0.389 e. The molecular formula is C7H11NO. The summed E-state index contributed by atoms with van der Waals surface area (Å²) >= 11 is 0. The number of hydrogen-bond acceptors (Lipinski definition) is 2. The van der Waals surface area contributed by atoms with Crippen molar-refractivity contribution >= 4 is 0 Å². The highest BCUT2D eigenvalue weighted by Crippen LogP contribution is 2.23. The number of aliphatic hydroxyl groups excluding tert-OH is 1. The quantitative estimate of drug-likeness (QED) is 0.448. The van der Waals surface area contributed by atoms with Gasteiger partial charge >= 0.3 is 0 Å². The Morgan fingerprint density at radius 1 is 1.67 bits per heavy atom. The molecule has 0 aromatic carbocycles. The van der Waals surface area contributed by atoms with Crippen LogP contribution in [0.25, 0.3) is 0 Å². The number of nitrogens with one attached hydrogen (secondary N) is 1. The van der Waals surface area contributed by atoms with E-state index in [1.165, 1.54) is 5.57 Å². The SMILES string of the molecule is O[C@H]1C[C@@H]2CC=C1CN2. The van der Waals surface area contributed by atoms with Gasteiger partial charge in [-0.3, -0.25) is 0 Å². The zero-order chi connectivity index (χ0) is 6.27. The second-order valence-electron chi connectivity index (χ2n) is 2.84. The molecule has 50 valence electrons. The summed E-state index contributed by atoms with van der Waals surface area (Å²) in [5.41, 5.74) is 1.19.